The summed E-state index contributed by atoms with van der Waals surface area (Å²) < 4.78 is 1.70. The molecule has 3 rings (SSSR count). The van der Waals surface area contributed by atoms with Crippen molar-refractivity contribution in [3.63, 3.8) is 0 Å². The predicted octanol–water partition coefficient (Wildman–Crippen LogP) is 4.96. The molecular weight excluding hydrogens is 425 g/mol. The van der Waals surface area contributed by atoms with E-state index in [0.717, 1.165) is 6.42 Å². The number of hydrogen-bond donors (Lipinski definition) is 1. The molecule has 0 aliphatic heterocycles. The van der Waals surface area contributed by atoms with Crippen LogP contribution >= 0.6 is 39.1 Å². The molecule has 7 heteroatoms. The van der Waals surface area contributed by atoms with Crippen LogP contribution in [0.15, 0.2) is 64.0 Å². The quantitative estimate of drug-likeness (QED) is 0.612. The van der Waals surface area contributed by atoms with Crippen molar-refractivity contribution in [2.24, 2.45) is 0 Å². The third-order valence-corrected chi connectivity index (χ3v) is 4.80. The van der Waals surface area contributed by atoms with E-state index in [1.807, 2.05) is 18.2 Å². The second kappa shape index (κ2) is 8.04. The molecule has 2 aromatic carbocycles. The summed E-state index contributed by atoms with van der Waals surface area (Å²) in [6.07, 6.45) is 0.840. The fourth-order valence-electron chi connectivity index (χ4n) is 2.40. The van der Waals surface area contributed by atoms with E-state index in [1.165, 1.54) is 16.3 Å². The fraction of sp³-hybridized carbons (Fsp3) is 0.111. The zero-order valence-corrected chi connectivity index (χ0v) is 16.1. The van der Waals surface area contributed by atoms with E-state index in [0.29, 0.717) is 32.6 Å². The van der Waals surface area contributed by atoms with Gasteiger partial charge in [0.1, 0.15) is 10.3 Å². The van der Waals surface area contributed by atoms with Crippen LogP contribution in [0.3, 0.4) is 0 Å². The van der Waals surface area contributed by atoms with Crippen molar-refractivity contribution in [3.05, 3.63) is 85.2 Å². The second-order valence-electron chi connectivity index (χ2n) is 5.33. The summed E-state index contributed by atoms with van der Waals surface area (Å²) in [5.41, 5.74) is 1.89. The van der Waals surface area contributed by atoms with E-state index in [4.69, 9.17) is 23.2 Å². The number of nitrogens with zero attached hydrogens (tertiary/aromatic N) is 2. The SMILES string of the molecule is O=c1cc(NCCc2ccccc2)c(Br)nn1-c1c(Cl)cccc1Cl. The molecule has 4 nitrogen and oxygen atoms in total. The van der Waals surface area contributed by atoms with Gasteiger partial charge in [-0.15, -0.1) is 0 Å². The molecule has 0 unspecified atom stereocenters. The molecule has 0 bridgehead atoms. The van der Waals surface area contributed by atoms with E-state index >= 15 is 0 Å². The van der Waals surface area contributed by atoms with Crippen molar-refractivity contribution < 1.29 is 0 Å². The molecule has 0 aliphatic rings. The molecule has 1 aromatic heterocycles. The molecule has 3 aromatic rings. The molecule has 0 fully saturated rings. The Balaban J connectivity index is 1.82. The molecule has 128 valence electrons. The average Bonchev–Trinajstić information content (AvgIpc) is 2.59. The molecule has 1 heterocycles. The van der Waals surface area contributed by atoms with Gasteiger partial charge in [-0.2, -0.15) is 9.78 Å². The number of halogens is 3. The normalized spacial score (nSPS) is 10.7. The van der Waals surface area contributed by atoms with Gasteiger partial charge in [-0.05, 0) is 40.0 Å². The van der Waals surface area contributed by atoms with Crippen LogP contribution in [-0.4, -0.2) is 16.3 Å². The van der Waals surface area contributed by atoms with Crippen molar-refractivity contribution in [1.82, 2.24) is 9.78 Å². The van der Waals surface area contributed by atoms with Crippen LogP contribution < -0.4 is 10.9 Å². The van der Waals surface area contributed by atoms with Crippen LogP contribution in [0.5, 0.6) is 0 Å². The molecule has 0 aliphatic carbocycles. The van der Waals surface area contributed by atoms with Crippen molar-refractivity contribution >= 4 is 44.8 Å². The summed E-state index contributed by atoms with van der Waals surface area (Å²) in [5.74, 6) is 0. The molecule has 0 amide bonds. The van der Waals surface area contributed by atoms with Crippen molar-refractivity contribution in [1.29, 1.82) is 0 Å². The Bertz CT molecular complexity index is 925. The maximum Gasteiger partial charge on any atom is 0.273 e. The maximum absolute atomic E-state index is 12.5. The van der Waals surface area contributed by atoms with E-state index in [-0.39, 0.29) is 5.56 Å². The lowest BCUT2D eigenvalue weighted by Gasteiger charge is -2.12. The minimum absolute atomic E-state index is 0.319. The van der Waals surface area contributed by atoms with Gasteiger partial charge in [-0.25, -0.2) is 0 Å². The third-order valence-electron chi connectivity index (χ3n) is 3.61. The molecule has 0 radical (unpaired) electrons. The summed E-state index contributed by atoms with van der Waals surface area (Å²) in [6, 6.07) is 16.6. The van der Waals surface area contributed by atoms with E-state index in [1.54, 1.807) is 18.2 Å². The van der Waals surface area contributed by atoms with Crippen molar-refractivity contribution in [3.8, 4) is 5.69 Å². The van der Waals surface area contributed by atoms with E-state index in [2.05, 4.69) is 38.5 Å². The molecule has 1 N–H and O–H groups in total. The molecule has 25 heavy (non-hydrogen) atoms. The Morgan fingerprint density at radius 3 is 2.40 bits per heavy atom. The van der Waals surface area contributed by atoms with Gasteiger partial charge in [0.25, 0.3) is 5.56 Å². The zero-order chi connectivity index (χ0) is 17.8. The lowest BCUT2D eigenvalue weighted by atomic mass is 10.1. The highest BCUT2D eigenvalue weighted by Crippen LogP contribution is 2.28. The standard InChI is InChI=1S/C18H14BrCl2N3O/c19-18-15(22-10-9-12-5-2-1-3-6-12)11-16(25)24(23-18)17-13(20)7-4-8-14(17)21/h1-8,11,22H,9-10H2. The monoisotopic (exact) mass is 437 g/mol. The molecule has 0 saturated carbocycles. The number of anilines is 1. The minimum atomic E-state index is -0.319. The van der Waals surface area contributed by atoms with Crippen LogP contribution in [0.25, 0.3) is 5.69 Å². The zero-order valence-electron chi connectivity index (χ0n) is 13.0. The Morgan fingerprint density at radius 1 is 1.04 bits per heavy atom. The van der Waals surface area contributed by atoms with E-state index < -0.39 is 0 Å². The smallest absolute Gasteiger partial charge is 0.273 e. The van der Waals surface area contributed by atoms with Gasteiger partial charge in [-0.1, -0.05) is 59.6 Å². The predicted molar refractivity (Wildman–Crippen MR) is 106 cm³/mol. The summed E-state index contributed by atoms with van der Waals surface area (Å²) in [4.78, 5) is 12.5. The van der Waals surface area contributed by atoms with Gasteiger partial charge >= 0.3 is 0 Å². The summed E-state index contributed by atoms with van der Waals surface area (Å²) in [5, 5.41) is 8.22. The van der Waals surface area contributed by atoms with Gasteiger partial charge in [-0.3, -0.25) is 4.79 Å². The number of nitrogens with one attached hydrogen (secondary N) is 1. The van der Waals surface area contributed by atoms with Crippen LogP contribution in [0.4, 0.5) is 5.69 Å². The highest BCUT2D eigenvalue weighted by atomic mass is 79.9. The van der Waals surface area contributed by atoms with Gasteiger partial charge < -0.3 is 5.32 Å². The van der Waals surface area contributed by atoms with Crippen molar-refractivity contribution in [2.75, 3.05) is 11.9 Å². The molecule has 0 atom stereocenters. The van der Waals surface area contributed by atoms with Crippen LogP contribution in [0.2, 0.25) is 10.0 Å². The van der Waals surface area contributed by atoms with Gasteiger partial charge in [0.15, 0.2) is 0 Å². The number of para-hydroxylation sites is 1. The molecule has 0 saturated heterocycles. The number of rotatable bonds is 5. The molecule has 0 spiro atoms. The van der Waals surface area contributed by atoms with Gasteiger partial charge in [0.05, 0.1) is 15.7 Å². The highest BCUT2D eigenvalue weighted by molar-refractivity contribution is 9.10. The van der Waals surface area contributed by atoms with Gasteiger partial charge in [0, 0.05) is 12.6 Å². The first-order chi connectivity index (χ1) is 12.1. The minimum Gasteiger partial charge on any atom is -0.382 e. The summed E-state index contributed by atoms with van der Waals surface area (Å²) in [6.45, 7) is 0.681. The van der Waals surface area contributed by atoms with Crippen LogP contribution in [0.1, 0.15) is 5.56 Å². The Labute approximate surface area is 163 Å². The maximum atomic E-state index is 12.5. The van der Waals surface area contributed by atoms with E-state index in [9.17, 15) is 4.79 Å². The van der Waals surface area contributed by atoms with Crippen LogP contribution in [-0.2, 0) is 6.42 Å². The van der Waals surface area contributed by atoms with Crippen molar-refractivity contribution in [2.45, 2.75) is 6.42 Å². The first-order valence-electron chi connectivity index (χ1n) is 7.58. The largest absolute Gasteiger partial charge is 0.382 e. The topological polar surface area (TPSA) is 46.9 Å². The first-order valence-corrected chi connectivity index (χ1v) is 9.13. The Kier molecular flexibility index (Phi) is 5.78. The number of benzene rings is 2. The Morgan fingerprint density at radius 2 is 1.72 bits per heavy atom. The molecular formula is C18H14BrCl2N3O. The number of hydrogen-bond acceptors (Lipinski definition) is 3. The first kappa shape index (κ1) is 18.0. The fourth-order valence-corrected chi connectivity index (χ4v) is 3.37. The Hall–Kier alpha value is -1.82. The summed E-state index contributed by atoms with van der Waals surface area (Å²) >= 11 is 15.7. The highest BCUT2D eigenvalue weighted by Gasteiger charge is 2.13. The van der Waals surface area contributed by atoms with Gasteiger partial charge in [0.2, 0.25) is 0 Å². The third kappa shape index (κ3) is 4.24. The van der Waals surface area contributed by atoms with Crippen LogP contribution in [0, 0.1) is 0 Å². The summed E-state index contributed by atoms with van der Waals surface area (Å²) in [7, 11) is 0. The lowest BCUT2D eigenvalue weighted by molar-refractivity contribution is 0.793. The average molecular weight is 439 g/mol. The number of aromatic nitrogens is 2. The second-order valence-corrected chi connectivity index (χ2v) is 6.90. The lowest BCUT2D eigenvalue weighted by Crippen LogP contribution is -2.22.